The Morgan fingerprint density at radius 1 is 1.12 bits per heavy atom. The second-order valence-electron chi connectivity index (χ2n) is 13.3. The van der Waals surface area contributed by atoms with Crippen LogP contribution >= 0.6 is 0 Å². The van der Waals surface area contributed by atoms with Crippen LogP contribution in [0.2, 0.25) is 0 Å². The molecule has 1 unspecified atom stereocenters. The Balaban J connectivity index is 1.65. The summed E-state index contributed by atoms with van der Waals surface area (Å²) in [5, 5.41) is 21.1. The summed E-state index contributed by atoms with van der Waals surface area (Å²) >= 11 is 0. The molecule has 0 amide bonds. The minimum atomic E-state index is -0.372. The van der Waals surface area contributed by atoms with Crippen molar-refractivity contribution in [3.05, 3.63) is 22.8 Å². The van der Waals surface area contributed by atoms with Crippen molar-refractivity contribution in [2.24, 2.45) is 45.8 Å². The Morgan fingerprint density at radius 3 is 2.50 bits per heavy atom. The zero-order chi connectivity index (χ0) is 23.5. The zero-order valence-electron chi connectivity index (χ0n) is 21.8. The lowest BCUT2D eigenvalue weighted by atomic mass is 9.43. The minimum absolute atomic E-state index is 0.0714. The van der Waals surface area contributed by atoms with E-state index in [-0.39, 0.29) is 22.9 Å². The van der Waals surface area contributed by atoms with Gasteiger partial charge in [0.15, 0.2) is 0 Å². The molecule has 1 N–H and O–H groups in total. The first kappa shape index (κ1) is 24.1. The quantitative estimate of drug-likeness (QED) is 0.476. The van der Waals surface area contributed by atoms with Gasteiger partial charge < -0.3 is 5.11 Å². The van der Waals surface area contributed by atoms with E-state index in [2.05, 4.69) is 60.6 Å². The molecule has 0 heterocycles. The van der Waals surface area contributed by atoms with Crippen LogP contribution in [0.1, 0.15) is 106 Å². The molecule has 4 aliphatic carbocycles. The van der Waals surface area contributed by atoms with E-state index in [0.29, 0.717) is 17.8 Å². The van der Waals surface area contributed by atoms with E-state index >= 15 is 0 Å². The second kappa shape index (κ2) is 8.30. The molecule has 2 nitrogen and oxygen atoms in total. The van der Waals surface area contributed by atoms with Crippen LogP contribution < -0.4 is 0 Å². The van der Waals surface area contributed by atoms with Crippen molar-refractivity contribution in [2.75, 3.05) is 0 Å². The first-order chi connectivity index (χ1) is 15.0. The average Bonchev–Trinajstić information content (AvgIpc) is 3.08. The van der Waals surface area contributed by atoms with Crippen molar-refractivity contribution in [3.63, 3.8) is 0 Å². The molecule has 178 valence electrons. The van der Waals surface area contributed by atoms with Crippen molar-refractivity contribution >= 4 is 0 Å². The van der Waals surface area contributed by atoms with Gasteiger partial charge in [-0.1, -0.05) is 79.4 Å². The van der Waals surface area contributed by atoms with Gasteiger partial charge in [-0.05, 0) is 84.2 Å². The number of nitriles is 1. The van der Waals surface area contributed by atoms with Crippen molar-refractivity contribution in [3.8, 4) is 6.07 Å². The van der Waals surface area contributed by atoms with Gasteiger partial charge in [0.2, 0.25) is 0 Å². The third-order valence-corrected chi connectivity index (χ3v) is 10.9. The summed E-state index contributed by atoms with van der Waals surface area (Å²) in [4.78, 5) is 0. The van der Waals surface area contributed by atoms with Crippen molar-refractivity contribution < 1.29 is 5.11 Å². The number of nitrogens with zero attached hydrogens (tertiary/aromatic N) is 1. The predicted octanol–water partition coefficient (Wildman–Crippen LogP) is 7.84. The summed E-state index contributed by atoms with van der Waals surface area (Å²) in [5.41, 5.74) is 4.97. The van der Waals surface area contributed by atoms with E-state index in [1.807, 2.05) is 0 Å². The molecule has 0 spiro atoms. The molecular formula is C30H47NO. The molecule has 0 aromatic carbocycles. The first-order valence-corrected chi connectivity index (χ1v) is 13.5. The van der Waals surface area contributed by atoms with E-state index in [1.54, 1.807) is 16.7 Å². The molecule has 2 heteroatoms. The standard InChI is InChI=1S/C30H47NO/c1-19(2)9-8-10-20(3)23-12-13-24-22-11-14-26-28(4,5)27(32)17-21(18-31)30(26,7)25(22)15-16-29(23,24)6/h13,19-21,23,26-27,32H,8-12,14-17H2,1-7H3/t20-,21?,23-,26+,27-,29-,30-/m1/s1. The average molecular weight is 438 g/mol. The molecule has 1 saturated carbocycles. The number of hydrogen-bond donors (Lipinski definition) is 1. The number of aliphatic hydroxyl groups excluding tert-OH is 1. The molecule has 0 aromatic heterocycles. The fourth-order valence-corrected chi connectivity index (χ4v) is 8.80. The number of aliphatic hydroxyl groups is 1. The van der Waals surface area contributed by atoms with Crippen molar-refractivity contribution in [1.82, 2.24) is 0 Å². The topological polar surface area (TPSA) is 44.0 Å². The molecular weight excluding hydrogens is 390 g/mol. The van der Waals surface area contributed by atoms with Gasteiger partial charge in [-0.25, -0.2) is 0 Å². The maximum atomic E-state index is 10.9. The lowest BCUT2D eigenvalue weighted by Crippen LogP contribution is -2.57. The molecule has 0 aromatic rings. The van der Waals surface area contributed by atoms with Gasteiger partial charge in [-0.15, -0.1) is 0 Å². The van der Waals surface area contributed by atoms with E-state index in [0.717, 1.165) is 37.0 Å². The maximum absolute atomic E-state index is 10.9. The third-order valence-electron chi connectivity index (χ3n) is 10.9. The smallest absolute Gasteiger partial charge is 0.0666 e. The van der Waals surface area contributed by atoms with Gasteiger partial charge in [0.05, 0.1) is 18.1 Å². The van der Waals surface area contributed by atoms with Gasteiger partial charge in [-0.2, -0.15) is 5.26 Å². The van der Waals surface area contributed by atoms with Crippen LogP contribution in [0.3, 0.4) is 0 Å². The Labute approximate surface area is 197 Å². The van der Waals surface area contributed by atoms with Crippen LogP contribution in [-0.4, -0.2) is 11.2 Å². The monoisotopic (exact) mass is 437 g/mol. The molecule has 0 saturated heterocycles. The molecule has 32 heavy (non-hydrogen) atoms. The van der Waals surface area contributed by atoms with E-state index in [1.165, 1.54) is 32.1 Å². The fraction of sp³-hybridized carbons (Fsp3) is 0.833. The highest BCUT2D eigenvalue weighted by molar-refractivity contribution is 5.50. The summed E-state index contributed by atoms with van der Waals surface area (Å²) in [6.45, 7) is 16.6. The van der Waals surface area contributed by atoms with Crippen LogP contribution in [0, 0.1) is 57.2 Å². The number of allylic oxidation sites excluding steroid dienone is 4. The van der Waals surface area contributed by atoms with Crippen molar-refractivity contribution in [2.45, 2.75) is 112 Å². The lowest BCUT2D eigenvalue weighted by molar-refractivity contribution is -0.109. The summed E-state index contributed by atoms with van der Waals surface area (Å²) < 4.78 is 0. The minimum Gasteiger partial charge on any atom is -0.393 e. The normalized spacial score (nSPS) is 41.4. The Hall–Kier alpha value is -1.07. The van der Waals surface area contributed by atoms with E-state index in [9.17, 15) is 10.4 Å². The molecule has 0 aliphatic heterocycles. The predicted molar refractivity (Wildman–Crippen MR) is 133 cm³/mol. The first-order valence-electron chi connectivity index (χ1n) is 13.5. The highest BCUT2D eigenvalue weighted by Crippen LogP contribution is 2.67. The molecule has 1 fully saturated rings. The Morgan fingerprint density at radius 2 is 1.84 bits per heavy atom. The van der Waals surface area contributed by atoms with Gasteiger partial charge in [0.25, 0.3) is 0 Å². The summed E-state index contributed by atoms with van der Waals surface area (Å²) in [7, 11) is 0. The molecule has 0 bridgehead atoms. The van der Waals surface area contributed by atoms with Gasteiger partial charge >= 0.3 is 0 Å². The maximum Gasteiger partial charge on any atom is 0.0666 e. The van der Waals surface area contributed by atoms with Gasteiger partial charge in [-0.3, -0.25) is 0 Å². The van der Waals surface area contributed by atoms with Crippen molar-refractivity contribution in [1.29, 1.82) is 5.26 Å². The van der Waals surface area contributed by atoms with Crippen LogP contribution in [0.4, 0.5) is 0 Å². The SMILES string of the molecule is CC(C)CCC[C@@H](C)[C@H]1CC=C2C3=C(CC[C@@]21C)[C@@]1(C)C(C#N)C[C@@H](O)C(C)(C)[C@@H]1CC3. The molecule has 4 rings (SSSR count). The second-order valence-corrected chi connectivity index (χ2v) is 13.3. The summed E-state index contributed by atoms with van der Waals surface area (Å²) in [6.07, 6.45) is 12.8. The number of hydrogen-bond acceptors (Lipinski definition) is 2. The van der Waals surface area contributed by atoms with E-state index in [4.69, 9.17) is 0 Å². The Kier molecular flexibility index (Phi) is 6.24. The largest absolute Gasteiger partial charge is 0.393 e. The molecule has 4 aliphatic rings. The van der Waals surface area contributed by atoms with Gasteiger partial charge in [0.1, 0.15) is 0 Å². The lowest BCUT2D eigenvalue weighted by Gasteiger charge is -2.60. The fourth-order valence-electron chi connectivity index (χ4n) is 8.80. The number of rotatable bonds is 5. The van der Waals surface area contributed by atoms with Crippen LogP contribution in [-0.2, 0) is 0 Å². The summed E-state index contributed by atoms with van der Waals surface area (Å²) in [6, 6.07) is 2.66. The number of fused-ring (bicyclic) bond motifs is 4. The van der Waals surface area contributed by atoms with Gasteiger partial charge in [0, 0.05) is 5.41 Å². The van der Waals surface area contributed by atoms with E-state index < -0.39 is 0 Å². The zero-order valence-corrected chi connectivity index (χ0v) is 21.8. The summed E-state index contributed by atoms with van der Waals surface area (Å²) in [5.74, 6) is 2.66. The van der Waals surface area contributed by atoms with Crippen LogP contribution in [0.25, 0.3) is 0 Å². The third kappa shape index (κ3) is 3.45. The van der Waals surface area contributed by atoms with Crippen LogP contribution in [0.15, 0.2) is 22.8 Å². The molecule has 0 radical (unpaired) electrons. The highest BCUT2D eigenvalue weighted by atomic mass is 16.3. The Bertz CT molecular complexity index is 841. The van der Waals surface area contributed by atoms with Crippen LogP contribution in [0.5, 0.6) is 0 Å². The highest BCUT2D eigenvalue weighted by Gasteiger charge is 2.61. The molecule has 7 atom stereocenters.